The van der Waals surface area contributed by atoms with Gasteiger partial charge in [-0.1, -0.05) is 0 Å². The number of fused-ring (bicyclic) bond motifs is 1. The number of hydrogen-bond donors (Lipinski definition) is 4. The van der Waals surface area contributed by atoms with E-state index in [1.54, 1.807) is 14.1 Å². The quantitative estimate of drug-likeness (QED) is 0.434. The maximum Gasteiger partial charge on any atom is 0.280 e. The largest absolute Gasteiger partial charge is 0.394 e. The summed E-state index contributed by atoms with van der Waals surface area (Å²) in [5, 5.41) is 19.9. The molecule has 12 heteroatoms. The van der Waals surface area contributed by atoms with Crippen molar-refractivity contribution >= 4 is 23.0 Å². The second-order valence-electron chi connectivity index (χ2n) is 6.39. The van der Waals surface area contributed by atoms with Gasteiger partial charge >= 0.3 is 0 Å². The van der Waals surface area contributed by atoms with E-state index in [1.165, 1.54) is 15.8 Å². The van der Waals surface area contributed by atoms with Crippen LogP contribution in [-0.2, 0) is 14.3 Å². The molecule has 4 atom stereocenters. The minimum Gasteiger partial charge on any atom is -0.394 e. The second-order valence-corrected chi connectivity index (χ2v) is 6.39. The minimum atomic E-state index is -1.15. The van der Waals surface area contributed by atoms with E-state index < -0.39 is 36.7 Å². The number of ether oxygens (including phenoxy) is 2. The van der Waals surface area contributed by atoms with Crippen molar-refractivity contribution in [1.29, 1.82) is 0 Å². The van der Waals surface area contributed by atoms with Crippen LogP contribution in [-0.4, -0.2) is 86.2 Å². The lowest BCUT2D eigenvalue weighted by Crippen LogP contribution is -2.36. The molecule has 0 radical (unpaired) electrons. The van der Waals surface area contributed by atoms with Crippen LogP contribution in [0.5, 0.6) is 0 Å². The van der Waals surface area contributed by atoms with Crippen LogP contribution in [0.15, 0.2) is 11.1 Å². The average molecular weight is 382 g/mol. The van der Waals surface area contributed by atoms with Crippen LogP contribution in [0.4, 0.5) is 5.95 Å². The molecule has 0 aromatic carbocycles. The number of rotatable bonds is 6. The molecule has 0 unspecified atom stereocenters. The first-order valence-electron chi connectivity index (χ1n) is 8.32. The highest BCUT2D eigenvalue weighted by Gasteiger charge is 2.46. The third kappa shape index (κ3) is 3.64. The fourth-order valence-electron chi connectivity index (χ4n) is 2.91. The Kier molecular flexibility index (Phi) is 5.41. The Hall–Kier alpha value is -2.54. The highest BCUT2D eigenvalue weighted by Crippen LogP contribution is 2.33. The average Bonchev–Trinajstić information content (AvgIpc) is 3.16. The Morgan fingerprint density at radius 2 is 2.26 bits per heavy atom. The lowest BCUT2D eigenvalue weighted by Gasteiger charge is -2.22. The molecular formula is C15H22N6O6. The van der Waals surface area contributed by atoms with Crippen LogP contribution in [0.2, 0.25) is 0 Å². The second kappa shape index (κ2) is 7.60. The van der Waals surface area contributed by atoms with Crippen molar-refractivity contribution in [2.45, 2.75) is 31.0 Å². The summed E-state index contributed by atoms with van der Waals surface area (Å²) in [7, 11) is 3.26. The van der Waals surface area contributed by atoms with Crippen LogP contribution in [0, 0.1) is 0 Å². The van der Waals surface area contributed by atoms with Gasteiger partial charge in [0.05, 0.1) is 26.0 Å². The molecule has 27 heavy (non-hydrogen) atoms. The van der Waals surface area contributed by atoms with Gasteiger partial charge in [0.15, 0.2) is 17.4 Å². The normalized spacial score (nSPS) is 25.2. The number of carbonyl (C=O) groups is 1. The van der Waals surface area contributed by atoms with Crippen molar-refractivity contribution in [3.8, 4) is 0 Å². The number of nitrogens with one attached hydrogen (secondary N) is 1. The third-order valence-corrected chi connectivity index (χ3v) is 4.34. The van der Waals surface area contributed by atoms with Crippen LogP contribution < -0.4 is 11.3 Å². The van der Waals surface area contributed by atoms with E-state index in [0.29, 0.717) is 0 Å². The number of carbonyl (C=O) groups excluding carboxylic acids is 1. The molecule has 148 valence electrons. The number of imidazole rings is 1. The number of amides is 1. The maximum atomic E-state index is 11.9. The third-order valence-electron chi connectivity index (χ3n) is 4.34. The standard InChI is InChI=1S/C15H22N6O6/c1-20(2)8(23)3-4-26-11-10(24)7(5-22)27-14(11)21-6-17-9-12(21)18-15(16)19-13(9)25/h6-7,10-11,14,22,24H,3-5H2,1-2H3,(H3,16,18,19,25)/t7-,10-,11-,14-/m1/s1. The van der Waals surface area contributed by atoms with Crippen molar-refractivity contribution in [1.82, 2.24) is 24.4 Å². The number of aliphatic hydroxyl groups excluding tert-OH is 2. The number of nitrogens with two attached hydrogens (primary N) is 1. The van der Waals surface area contributed by atoms with E-state index in [0.717, 1.165) is 0 Å². The van der Waals surface area contributed by atoms with Gasteiger partial charge in [-0.2, -0.15) is 4.98 Å². The number of H-pyrrole nitrogens is 1. The number of nitrogen functional groups attached to an aromatic ring is 1. The molecule has 0 bridgehead atoms. The molecule has 3 heterocycles. The molecule has 12 nitrogen and oxygen atoms in total. The van der Waals surface area contributed by atoms with Gasteiger partial charge in [0.2, 0.25) is 11.9 Å². The van der Waals surface area contributed by atoms with Gasteiger partial charge in [0.25, 0.3) is 5.56 Å². The maximum absolute atomic E-state index is 11.9. The molecule has 1 aliphatic rings. The van der Waals surface area contributed by atoms with Gasteiger partial charge in [-0.15, -0.1) is 0 Å². The molecule has 1 aliphatic heterocycles. The van der Waals surface area contributed by atoms with Crippen LogP contribution >= 0.6 is 0 Å². The summed E-state index contributed by atoms with van der Waals surface area (Å²) in [6, 6.07) is 0. The lowest BCUT2D eigenvalue weighted by atomic mass is 10.1. The molecular weight excluding hydrogens is 360 g/mol. The van der Waals surface area contributed by atoms with Crippen molar-refractivity contribution in [2.75, 3.05) is 33.0 Å². The summed E-state index contributed by atoms with van der Waals surface area (Å²) in [6.07, 6.45) is -2.43. The number of anilines is 1. The van der Waals surface area contributed by atoms with Crippen molar-refractivity contribution in [3.63, 3.8) is 0 Å². The highest BCUT2D eigenvalue weighted by atomic mass is 16.6. The van der Waals surface area contributed by atoms with E-state index >= 15 is 0 Å². The van der Waals surface area contributed by atoms with Gasteiger partial charge in [-0.3, -0.25) is 19.1 Å². The molecule has 1 amide bonds. The molecule has 1 saturated heterocycles. The highest BCUT2D eigenvalue weighted by molar-refractivity contribution is 5.75. The predicted octanol–water partition coefficient (Wildman–Crippen LogP) is -2.18. The molecule has 0 spiro atoms. The first-order chi connectivity index (χ1) is 12.8. The summed E-state index contributed by atoms with van der Waals surface area (Å²) < 4.78 is 12.8. The Morgan fingerprint density at radius 3 is 2.93 bits per heavy atom. The first kappa shape index (κ1) is 19.2. The van der Waals surface area contributed by atoms with Gasteiger partial charge in [-0.05, 0) is 0 Å². The van der Waals surface area contributed by atoms with Crippen molar-refractivity contribution in [2.24, 2.45) is 0 Å². The Bertz CT molecular complexity index is 879. The van der Waals surface area contributed by atoms with E-state index in [9.17, 15) is 19.8 Å². The zero-order chi connectivity index (χ0) is 19.7. The van der Waals surface area contributed by atoms with Crippen LogP contribution in [0.1, 0.15) is 12.6 Å². The minimum absolute atomic E-state index is 0.0412. The fourth-order valence-corrected chi connectivity index (χ4v) is 2.91. The predicted molar refractivity (Wildman–Crippen MR) is 92.6 cm³/mol. The summed E-state index contributed by atoms with van der Waals surface area (Å²) in [6.45, 7) is -0.392. The SMILES string of the molecule is CN(C)C(=O)CCO[C@@H]1[C@H](O)[C@@H](CO)O[C@H]1n1cnc2c(=O)[nH]c(N)nc21. The Balaban J connectivity index is 1.87. The van der Waals surface area contributed by atoms with E-state index in [2.05, 4.69) is 15.0 Å². The lowest BCUT2D eigenvalue weighted by molar-refractivity contribution is -0.131. The Labute approximate surface area is 153 Å². The van der Waals surface area contributed by atoms with E-state index in [1.807, 2.05) is 0 Å². The monoisotopic (exact) mass is 382 g/mol. The molecule has 3 rings (SSSR count). The summed E-state index contributed by atoms with van der Waals surface area (Å²) in [4.78, 5) is 35.5. The Morgan fingerprint density at radius 1 is 1.52 bits per heavy atom. The number of aromatic amines is 1. The number of aliphatic hydroxyl groups is 2. The summed E-state index contributed by atoms with van der Waals surface area (Å²) >= 11 is 0. The van der Waals surface area contributed by atoms with Crippen LogP contribution in [0.25, 0.3) is 11.2 Å². The van der Waals surface area contributed by atoms with Gasteiger partial charge < -0.3 is 30.3 Å². The number of aromatic nitrogens is 4. The molecule has 2 aromatic heterocycles. The molecule has 2 aromatic rings. The number of nitrogens with zero attached hydrogens (tertiary/aromatic N) is 4. The van der Waals surface area contributed by atoms with E-state index in [4.69, 9.17) is 15.2 Å². The zero-order valence-electron chi connectivity index (χ0n) is 14.9. The van der Waals surface area contributed by atoms with E-state index in [-0.39, 0.29) is 36.0 Å². The molecule has 0 aliphatic carbocycles. The summed E-state index contributed by atoms with van der Waals surface area (Å²) in [5.41, 5.74) is 5.30. The topological polar surface area (TPSA) is 169 Å². The van der Waals surface area contributed by atoms with Gasteiger partial charge in [0, 0.05) is 14.1 Å². The fraction of sp³-hybridized carbons (Fsp3) is 0.600. The zero-order valence-corrected chi connectivity index (χ0v) is 14.9. The van der Waals surface area contributed by atoms with Crippen molar-refractivity contribution < 1.29 is 24.5 Å². The molecule has 0 saturated carbocycles. The summed E-state index contributed by atoms with van der Waals surface area (Å²) in [5.74, 6) is -0.228. The number of hydrogen-bond acceptors (Lipinski definition) is 9. The first-order valence-corrected chi connectivity index (χ1v) is 8.32. The van der Waals surface area contributed by atoms with Crippen molar-refractivity contribution in [3.05, 3.63) is 16.7 Å². The smallest absolute Gasteiger partial charge is 0.280 e. The van der Waals surface area contributed by atoms with Gasteiger partial charge in [0.1, 0.15) is 18.3 Å². The van der Waals surface area contributed by atoms with Crippen LogP contribution in [0.3, 0.4) is 0 Å². The van der Waals surface area contributed by atoms with Gasteiger partial charge in [-0.25, -0.2) is 4.98 Å². The molecule has 5 N–H and O–H groups in total. The molecule has 1 fully saturated rings.